The van der Waals surface area contributed by atoms with Crippen LogP contribution in [-0.4, -0.2) is 44.5 Å². The highest BCUT2D eigenvalue weighted by Gasteiger charge is 2.55. The molecule has 1 saturated heterocycles. The number of carbonyl (C=O) groups excluding carboxylic acids is 2. The minimum absolute atomic E-state index is 0.116. The van der Waals surface area contributed by atoms with E-state index in [0.29, 0.717) is 0 Å². The number of methoxy groups -OCH3 is 2. The average Bonchev–Trinajstić information content (AvgIpc) is 3.09. The largest absolute Gasteiger partial charge is 0.490 e. The molecule has 6 nitrogen and oxygen atoms in total. The first-order chi connectivity index (χ1) is 12.3. The Hall–Kier alpha value is -1.86. The molecule has 1 aliphatic carbocycles. The lowest BCUT2D eigenvalue weighted by atomic mass is 9.73. The van der Waals surface area contributed by atoms with Crippen molar-refractivity contribution in [2.45, 2.75) is 59.2 Å². The highest BCUT2D eigenvalue weighted by molar-refractivity contribution is 6.54. The Kier molecular flexibility index (Phi) is 5.52. The molecule has 0 amide bonds. The van der Waals surface area contributed by atoms with E-state index >= 15 is 0 Å². The van der Waals surface area contributed by atoms with E-state index in [4.69, 9.17) is 18.8 Å². The standard InChI is InChI=1S/C20H29BO6/c1-12(2)14-10-20(16(22)24-8,17(23)25-9)11-15(14)13(3)21-26-18(4,5)19(6,7)27-21/h10H,1,11H2,2-9H3/b15-13+. The van der Waals surface area contributed by atoms with Crippen LogP contribution in [0.25, 0.3) is 0 Å². The third-order valence-corrected chi connectivity index (χ3v) is 5.81. The van der Waals surface area contributed by atoms with E-state index in [2.05, 4.69) is 6.58 Å². The minimum Gasteiger partial charge on any atom is -0.468 e. The van der Waals surface area contributed by atoms with Crippen LogP contribution >= 0.6 is 0 Å². The van der Waals surface area contributed by atoms with Crippen molar-refractivity contribution < 1.29 is 28.4 Å². The predicted octanol–water partition coefficient (Wildman–Crippen LogP) is 3.17. The van der Waals surface area contributed by atoms with Crippen LogP contribution in [0.1, 0.15) is 48.0 Å². The van der Waals surface area contributed by atoms with Crippen LogP contribution in [-0.2, 0) is 28.4 Å². The number of hydrogen-bond acceptors (Lipinski definition) is 6. The summed E-state index contributed by atoms with van der Waals surface area (Å²) in [6, 6.07) is 0. The molecule has 0 unspecified atom stereocenters. The molecule has 0 N–H and O–H groups in total. The molecule has 0 bridgehead atoms. The highest BCUT2D eigenvalue weighted by atomic mass is 16.7. The monoisotopic (exact) mass is 376 g/mol. The van der Waals surface area contributed by atoms with Crippen LogP contribution in [0.2, 0.25) is 0 Å². The number of ether oxygens (including phenoxy) is 2. The molecular weight excluding hydrogens is 347 g/mol. The van der Waals surface area contributed by atoms with Gasteiger partial charge >= 0.3 is 19.1 Å². The van der Waals surface area contributed by atoms with Gasteiger partial charge in [0.1, 0.15) is 0 Å². The summed E-state index contributed by atoms with van der Waals surface area (Å²) in [6.07, 6.45) is 1.71. The molecule has 0 atom stereocenters. The zero-order valence-electron chi connectivity index (χ0n) is 17.5. The summed E-state index contributed by atoms with van der Waals surface area (Å²) < 4.78 is 22.1. The van der Waals surface area contributed by atoms with E-state index in [1.807, 2.05) is 41.5 Å². The summed E-state index contributed by atoms with van der Waals surface area (Å²) >= 11 is 0. The van der Waals surface area contributed by atoms with Gasteiger partial charge in [0.05, 0.1) is 25.4 Å². The van der Waals surface area contributed by atoms with Gasteiger partial charge in [0, 0.05) is 6.42 Å². The molecule has 0 radical (unpaired) electrons. The molecule has 0 aromatic carbocycles. The Bertz CT molecular complexity index is 712. The lowest BCUT2D eigenvalue weighted by Crippen LogP contribution is -2.41. The molecule has 0 spiro atoms. The molecule has 1 heterocycles. The third-order valence-electron chi connectivity index (χ3n) is 5.81. The van der Waals surface area contributed by atoms with Crippen LogP contribution in [0.5, 0.6) is 0 Å². The zero-order chi connectivity index (χ0) is 20.8. The fourth-order valence-electron chi connectivity index (χ4n) is 3.36. The SMILES string of the molecule is C=C(C)C1=CC(C(=O)OC)(C(=O)OC)C/C1=C(/C)B1OC(C)(C)C(C)(C)O1. The normalized spacial score (nSPS) is 24.3. The first-order valence-corrected chi connectivity index (χ1v) is 8.94. The van der Waals surface area contributed by atoms with Gasteiger partial charge in [-0.25, -0.2) is 0 Å². The number of carbonyl (C=O) groups is 2. The van der Waals surface area contributed by atoms with Gasteiger partial charge in [0.25, 0.3) is 0 Å². The van der Waals surface area contributed by atoms with E-state index in [1.54, 1.807) is 6.08 Å². The minimum atomic E-state index is -1.53. The molecule has 2 aliphatic rings. The molecule has 1 fully saturated rings. The van der Waals surface area contributed by atoms with Crippen molar-refractivity contribution in [3.05, 3.63) is 34.8 Å². The van der Waals surface area contributed by atoms with Crippen molar-refractivity contribution in [2.75, 3.05) is 14.2 Å². The second kappa shape index (κ2) is 6.95. The fourth-order valence-corrected chi connectivity index (χ4v) is 3.36. The summed E-state index contributed by atoms with van der Waals surface area (Å²) in [7, 11) is 1.92. The third kappa shape index (κ3) is 3.38. The molecule has 0 aromatic heterocycles. The summed E-state index contributed by atoms with van der Waals surface area (Å²) in [5, 5.41) is 0. The van der Waals surface area contributed by atoms with Crippen molar-refractivity contribution in [1.29, 1.82) is 0 Å². The molecule has 1 aliphatic heterocycles. The summed E-state index contributed by atoms with van der Waals surface area (Å²) in [5.41, 5.74) is 0.528. The highest BCUT2D eigenvalue weighted by Crippen LogP contribution is 2.47. The van der Waals surface area contributed by atoms with E-state index in [9.17, 15) is 9.59 Å². The zero-order valence-corrected chi connectivity index (χ0v) is 17.5. The molecule has 27 heavy (non-hydrogen) atoms. The number of hydrogen-bond donors (Lipinski definition) is 0. The van der Waals surface area contributed by atoms with Gasteiger partial charge in [-0.3, -0.25) is 9.59 Å². The molecular formula is C20H29BO6. The van der Waals surface area contributed by atoms with Crippen molar-refractivity contribution in [3.8, 4) is 0 Å². The van der Waals surface area contributed by atoms with E-state index in [1.165, 1.54) is 14.2 Å². The Morgan fingerprint density at radius 3 is 1.85 bits per heavy atom. The lowest BCUT2D eigenvalue weighted by Gasteiger charge is -2.32. The van der Waals surface area contributed by atoms with Gasteiger partial charge in [-0.1, -0.05) is 12.2 Å². The fraction of sp³-hybridized carbons (Fsp3) is 0.600. The predicted molar refractivity (Wildman–Crippen MR) is 103 cm³/mol. The molecule has 2 rings (SSSR count). The van der Waals surface area contributed by atoms with Gasteiger partial charge in [0.2, 0.25) is 0 Å². The second-order valence-corrected chi connectivity index (χ2v) is 8.22. The Morgan fingerprint density at radius 2 is 1.48 bits per heavy atom. The van der Waals surface area contributed by atoms with E-state index < -0.39 is 35.7 Å². The first-order valence-electron chi connectivity index (χ1n) is 8.94. The van der Waals surface area contributed by atoms with Gasteiger partial charge in [-0.15, -0.1) is 0 Å². The maximum Gasteiger partial charge on any atom is 0.490 e. The Balaban J connectivity index is 2.56. The lowest BCUT2D eigenvalue weighted by molar-refractivity contribution is -0.164. The van der Waals surface area contributed by atoms with Crippen molar-refractivity contribution in [2.24, 2.45) is 5.41 Å². The van der Waals surface area contributed by atoms with Crippen molar-refractivity contribution in [1.82, 2.24) is 0 Å². The number of allylic oxidation sites excluding steroid dienone is 4. The molecule has 7 heteroatoms. The van der Waals surface area contributed by atoms with Crippen LogP contribution in [0, 0.1) is 5.41 Å². The smallest absolute Gasteiger partial charge is 0.468 e. The van der Waals surface area contributed by atoms with Gasteiger partial charge in [0.15, 0.2) is 5.41 Å². The molecule has 148 valence electrons. The van der Waals surface area contributed by atoms with Crippen LogP contribution < -0.4 is 0 Å². The maximum atomic E-state index is 12.5. The molecule has 0 saturated carbocycles. The topological polar surface area (TPSA) is 71.1 Å². The number of rotatable bonds is 4. The summed E-state index contributed by atoms with van der Waals surface area (Å²) in [5.74, 6) is -1.32. The Labute approximate surface area is 161 Å². The van der Waals surface area contributed by atoms with Crippen molar-refractivity contribution in [3.63, 3.8) is 0 Å². The van der Waals surface area contributed by atoms with Crippen LogP contribution in [0.4, 0.5) is 0 Å². The quantitative estimate of drug-likeness (QED) is 0.426. The van der Waals surface area contributed by atoms with Crippen LogP contribution in [0.3, 0.4) is 0 Å². The maximum absolute atomic E-state index is 12.5. The number of esters is 2. The average molecular weight is 376 g/mol. The van der Waals surface area contributed by atoms with Gasteiger partial charge in [-0.2, -0.15) is 0 Å². The van der Waals surface area contributed by atoms with Crippen LogP contribution in [0.15, 0.2) is 34.8 Å². The van der Waals surface area contributed by atoms with E-state index in [0.717, 1.165) is 22.2 Å². The summed E-state index contributed by atoms with van der Waals surface area (Å²) in [6.45, 7) is 15.6. The summed E-state index contributed by atoms with van der Waals surface area (Å²) in [4.78, 5) is 25.0. The van der Waals surface area contributed by atoms with Crippen molar-refractivity contribution >= 4 is 19.1 Å². The van der Waals surface area contributed by atoms with Gasteiger partial charge in [-0.05, 0) is 64.2 Å². The van der Waals surface area contributed by atoms with E-state index in [-0.39, 0.29) is 6.42 Å². The van der Waals surface area contributed by atoms with Gasteiger partial charge < -0.3 is 18.8 Å². The molecule has 0 aromatic rings. The Morgan fingerprint density at radius 1 is 1.04 bits per heavy atom. The second-order valence-electron chi connectivity index (χ2n) is 8.22. The first kappa shape index (κ1) is 21.4.